The van der Waals surface area contributed by atoms with Crippen LogP contribution in [-0.2, 0) is 9.59 Å². The third kappa shape index (κ3) is 6.54. The van der Waals surface area contributed by atoms with Gasteiger partial charge in [0.25, 0.3) is 11.6 Å². The Morgan fingerprint density at radius 1 is 1.12 bits per heavy atom. The maximum atomic E-state index is 13.6. The fraction of sp³-hybridized carbons (Fsp3) is 0.167. The Balaban J connectivity index is 1.64. The Bertz CT molecular complexity index is 1660. The van der Waals surface area contributed by atoms with Gasteiger partial charge < -0.3 is 25.8 Å². The molecule has 42 heavy (non-hydrogen) atoms. The number of aryl methyl sites for hydroxylation is 1. The number of benzene rings is 3. The van der Waals surface area contributed by atoms with Gasteiger partial charge in [0.2, 0.25) is 5.91 Å². The molecule has 2 amide bonds. The fourth-order valence-electron chi connectivity index (χ4n) is 4.48. The van der Waals surface area contributed by atoms with E-state index in [2.05, 4.69) is 22.0 Å². The minimum absolute atomic E-state index is 0.0821. The number of nitrogens with zero attached hydrogens (tertiary/aromatic N) is 2. The van der Waals surface area contributed by atoms with Crippen molar-refractivity contribution in [3.05, 3.63) is 110 Å². The van der Waals surface area contributed by atoms with E-state index in [0.717, 1.165) is 11.8 Å². The van der Waals surface area contributed by atoms with Gasteiger partial charge >= 0.3 is 0 Å². The Morgan fingerprint density at radius 3 is 2.50 bits per heavy atom. The van der Waals surface area contributed by atoms with Gasteiger partial charge in [-0.2, -0.15) is 5.26 Å². The van der Waals surface area contributed by atoms with Crippen molar-refractivity contribution in [1.29, 1.82) is 5.26 Å². The molecule has 0 saturated carbocycles. The van der Waals surface area contributed by atoms with Crippen molar-refractivity contribution < 1.29 is 24.4 Å². The number of phenolic OH excluding ortho intramolecular Hbond substituents is 1. The van der Waals surface area contributed by atoms with Crippen LogP contribution in [0.15, 0.2) is 88.6 Å². The number of ether oxygens (including phenoxy) is 1. The predicted octanol–water partition coefficient (Wildman–Crippen LogP) is 5.32. The second-order valence-corrected chi connectivity index (χ2v) is 10.3. The van der Waals surface area contributed by atoms with Gasteiger partial charge in [-0.15, -0.1) is 0 Å². The van der Waals surface area contributed by atoms with Crippen LogP contribution >= 0.6 is 11.8 Å². The molecule has 0 bridgehead atoms. The second kappa shape index (κ2) is 12.9. The molecular formula is C30H27N5O6S. The molecule has 1 aliphatic rings. The van der Waals surface area contributed by atoms with E-state index in [4.69, 9.17) is 4.74 Å². The SMILES string of the molecule is COc1cc(C2C(C#N)=C(SCC(=O)Nc3ccc([N+](=O)[O-])cc3C)NC(C)=C2C(=O)Nc2ccccc2)ccc1O. The zero-order chi connectivity index (χ0) is 30.4. The maximum Gasteiger partial charge on any atom is 0.269 e. The third-order valence-corrected chi connectivity index (χ3v) is 7.52. The summed E-state index contributed by atoms with van der Waals surface area (Å²) < 4.78 is 5.28. The van der Waals surface area contributed by atoms with Gasteiger partial charge in [-0.3, -0.25) is 19.7 Å². The highest BCUT2D eigenvalue weighted by Gasteiger charge is 2.35. The van der Waals surface area contributed by atoms with Crippen LogP contribution in [0.3, 0.4) is 0 Å². The van der Waals surface area contributed by atoms with Crippen LogP contribution in [0, 0.1) is 28.4 Å². The summed E-state index contributed by atoms with van der Waals surface area (Å²) in [5, 5.41) is 40.6. The van der Waals surface area contributed by atoms with Crippen LogP contribution in [-0.4, -0.2) is 34.7 Å². The number of nitro groups is 1. The van der Waals surface area contributed by atoms with E-state index in [0.29, 0.717) is 38.8 Å². The Labute approximate surface area is 246 Å². The van der Waals surface area contributed by atoms with E-state index in [1.807, 2.05) is 6.07 Å². The molecule has 11 nitrogen and oxygen atoms in total. The molecule has 0 fully saturated rings. The molecule has 1 heterocycles. The molecule has 214 valence electrons. The lowest BCUT2D eigenvalue weighted by Gasteiger charge is -2.30. The number of anilines is 2. The Kier molecular flexibility index (Phi) is 9.14. The van der Waals surface area contributed by atoms with E-state index >= 15 is 0 Å². The van der Waals surface area contributed by atoms with Crippen molar-refractivity contribution >= 4 is 40.6 Å². The lowest BCUT2D eigenvalue weighted by atomic mass is 9.82. The molecule has 1 aliphatic heterocycles. The first-order valence-electron chi connectivity index (χ1n) is 12.7. The van der Waals surface area contributed by atoms with Crippen LogP contribution in [0.2, 0.25) is 0 Å². The van der Waals surface area contributed by atoms with Crippen LogP contribution in [0.4, 0.5) is 17.1 Å². The molecular weight excluding hydrogens is 558 g/mol. The number of thioether (sulfide) groups is 1. The topological polar surface area (TPSA) is 167 Å². The number of methoxy groups -OCH3 is 1. The first-order chi connectivity index (χ1) is 20.1. The number of non-ortho nitro benzene ring substituents is 1. The van der Waals surface area contributed by atoms with Crippen LogP contribution in [0.5, 0.6) is 11.5 Å². The number of para-hydroxylation sites is 1. The second-order valence-electron chi connectivity index (χ2n) is 9.30. The molecule has 0 aromatic heterocycles. The molecule has 4 rings (SSSR count). The number of hydrogen-bond acceptors (Lipinski definition) is 9. The van der Waals surface area contributed by atoms with Crippen molar-refractivity contribution in [3.8, 4) is 17.6 Å². The standard InChI is InChI=1S/C30H27N5O6S/c1-17-13-21(35(39)40)10-11-23(17)34-26(37)16-42-30-22(15-31)28(19-9-12-24(36)25(14-19)41-3)27(18(2)32-30)29(38)33-20-7-5-4-6-8-20/h4-14,28,32,36H,16H2,1-3H3,(H,33,38)(H,34,37). The number of carbonyl (C=O) groups is 2. The smallest absolute Gasteiger partial charge is 0.269 e. The molecule has 0 aliphatic carbocycles. The molecule has 0 radical (unpaired) electrons. The highest BCUT2D eigenvalue weighted by Crippen LogP contribution is 2.43. The summed E-state index contributed by atoms with van der Waals surface area (Å²) in [4.78, 5) is 36.9. The molecule has 1 unspecified atom stereocenters. The largest absolute Gasteiger partial charge is 0.504 e. The predicted molar refractivity (Wildman–Crippen MR) is 160 cm³/mol. The van der Waals surface area contributed by atoms with Gasteiger partial charge in [0.1, 0.15) is 0 Å². The summed E-state index contributed by atoms with van der Waals surface area (Å²) in [7, 11) is 1.40. The number of carbonyl (C=O) groups excluding carboxylic acids is 2. The van der Waals surface area contributed by atoms with Crippen LogP contribution < -0.4 is 20.7 Å². The number of nitriles is 1. The molecule has 3 aromatic rings. The van der Waals surface area contributed by atoms with Gasteiger partial charge in [-0.05, 0) is 55.3 Å². The first kappa shape index (κ1) is 29.7. The Hall–Kier alpha value is -5.28. The van der Waals surface area contributed by atoms with E-state index < -0.39 is 16.7 Å². The minimum atomic E-state index is -0.836. The summed E-state index contributed by atoms with van der Waals surface area (Å²) in [5.74, 6) is -1.66. The van der Waals surface area contributed by atoms with Gasteiger partial charge in [-0.1, -0.05) is 36.0 Å². The molecule has 4 N–H and O–H groups in total. The zero-order valence-corrected chi connectivity index (χ0v) is 23.7. The molecule has 0 spiro atoms. The van der Waals surface area contributed by atoms with Gasteiger partial charge in [0.15, 0.2) is 11.5 Å². The third-order valence-electron chi connectivity index (χ3n) is 6.50. The van der Waals surface area contributed by atoms with Crippen molar-refractivity contribution in [1.82, 2.24) is 5.32 Å². The van der Waals surface area contributed by atoms with Crippen molar-refractivity contribution in [2.75, 3.05) is 23.5 Å². The van der Waals surface area contributed by atoms with E-state index in [1.54, 1.807) is 50.2 Å². The number of nitrogens with one attached hydrogen (secondary N) is 3. The molecule has 0 saturated heterocycles. The van der Waals surface area contributed by atoms with Gasteiger partial charge in [-0.25, -0.2) is 0 Å². The average Bonchev–Trinajstić information content (AvgIpc) is 2.97. The number of hydrogen-bond donors (Lipinski definition) is 4. The van der Waals surface area contributed by atoms with Crippen molar-refractivity contribution in [3.63, 3.8) is 0 Å². The summed E-state index contributed by atoms with van der Waals surface area (Å²) >= 11 is 1.08. The quantitative estimate of drug-likeness (QED) is 0.192. The molecule has 12 heteroatoms. The number of phenols is 1. The summed E-state index contributed by atoms with van der Waals surface area (Å²) in [5.41, 5.74) is 2.96. The lowest BCUT2D eigenvalue weighted by molar-refractivity contribution is -0.384. The molecule has 1 atom stereocenters. The normalized spacial score (nSPS) is 14.5. The first-order valence-corrected chi connectivity index (χ1v) is 13.6. The fourth-order valence-corrected chi connectivity index (χ4v) is 5.37. The number of dihydropyridines is 1. The van der Waals surface area contributed by atoms with Crippen LogP contribution in [0.1, 0.15) is 24.0 Å². The summed E-state index contributed by atoms with van der Waals surface area (Å²) in [6, 6.07) is 19.9. The number of amides is 2. The summed E-state index contributed by atoms with van der Waals surface area (Å²) in [6.45, 7) is 3.36. The molecule has 3 aromatic carbocycles. The number of allylic oxidation sites excluding steroid dienone is 2. The summed E-state index contributed by atoms with van der Waals surface area (Å²) in [6.07, 6.45) is 0. The number of nitro benzene ring substituents is 1. The monoisotopic (exact) mass is 585 g/mol. The van der Waals surface area contributed by atoms with Crippen molar-refractivity contribution in [2.45, 2.75) is 19.8 Å². The lowest BCUT2D eigenvalue weighted by Crippen LogP contribution is -2.31. The van der Waals surface area contributed by atoms with Gasteiger partial charge in [0.05, 0.1) is 40.4 Å². The van der Waals surface area contributed by atoms with E-state index in [9.17, 15) is 30.1 Å². The van der Waals surface area contributed by atoms with E-state index in [1.165, 1.54) is 31.4 Å². The highest BCUT2D eigenvalue weighted by atomic mass is 32.2. The number of aromatic hydroxyl groups is 1. The van der Waals surface area contributed by atoms with Crippen LogP contribution in [0.25, 0.3) is 0 Å². The zero-order valence-electron chi connectivity index (χ0n) is 22.9. The highest BCUT2D eigenvalue weighted by molar-refractivity contribution is 8.03. The van der Waals surface area contributed by atoms with Crippen molar-refractivity contribution in [2.24, 2.45) is 0 Å². The maximum absolute atomic E-state index is 13.6. The Morgan fingerprint density at radius 2 is 1.86 bits per heavy atom. The minimum Gasteiger partial charge on any atom is -0.504 e. The van der Waals surface area contributed by atoms with Gasteiger partial charge in [0, 0.05) is 34.8 Å². The average molecular weight is 586 g/mol. The number of rotatable bonds is 9. The van der Waals surface area contributed by atoms with E-state index in [-0.39, 0.29) is 34.4 Å².